The van der Waals surface area contributed by atoms with Gasteiger partial charge in [0, 0.05) is 11.6 Å². The first kappa shape index (κ1) is 10.9. The molecule has 0 fully saturated rings. The summed E-state index contributed by atoms with van der Waals surface area (Å²) in [5.41, 5.74) is 7.65. The normalized spacial score (nSPS) is 12.6. The second-order valence-corrected chi connectivity index (χ2v) is 3.33. The number of aryl methyl sites for hydroxylation is 1. The summed E-state index contributed by atoms with van der Waals surface area (Å²) in [6.07, 6.45) is 0.856. The summed E-state index contributed by atoms with van der Waals surface area (Å²) in [5, 5.41) is 9.87. The highest BCUT2D eigenvalue weighted by molar-refractivity contribution is 5.51. The Kier molecular flexibility index (Phi) is 3.36. The largest absolute Gasteiger partial charge is 0.504 e. The van der Waals surface area contributed by atoms with Crippen LogP contribution in [0.2, 0.25) is 0 Å². The standard InChI is InChI=1S/C11H17NO2/c1-4-8-5-6-9(14-3)11(13)10(8)7(2)12/h5-7,13H,4,12H2,1-3H3. The molecule has 3 nitrogen and oxygen atoms in total. The van der Waals surface area contributed by atoms with Gasteiger partial charge in [-0.05, 0) is 25.0 Å². The summed E-state index contributed by atoms with van der Waals surface area (Å²) in [5.74, 6) is 0.649. The summed E-state index contributed by atoms with van der Waals surface area (Å²) >= 11 is 0. The molecule has 0 amide bonds. The molecule has 14 heavy (non-hydrogen) atoms. The first-order valence-electron chi connectivity index (χ1n) is 4.76. The molecule has 1 aromatic carbocycles. The molecular formula is C11H17NO2. The fourth-order valence-electron chi connectivity index (χ4n) is 1.61. The van der Waals surface area contributed by atoms with E-state index in [0.29, 0.717) is 5.75 Å². The fraction of sp³-hybridized carbons (Fsp3) is 0.455. The van der Waals surface area contributed by atoms with Gasteiger partial charge >= 0.3 is 0 Å². The molecule has 0 saturated carbocycles. The Bertz CT molecular complexity index is 321. The number of benzene rings is 1. The minimum atomic E-state index is -0.181. The van der Waals surface area contributed by atoms with Crippen LogP contribution in [0, 0.1) is 0 Å². The molecule has 0 saturated heterocycles. The van der Waals surface area contributed by atoms with Gasteiger partial charge < -0.3 is 15.6 Å². The van der Waals surface area contributed by atoms with Crippen LogP contribution in [0.25, 0.3) is 0 Å². The third-order valence-corrected chi connectivity index (χ3v) is 2.33. The van der Waals surface area contributed by atoms with Crippen LogP contribution in [0.1, 0.15) is 31.0 Å². The summed E-state index contributed by atoms with van der Waals surface area (Å²) in [6.45, 7) is 3.89. The molecule has 0 aromatic heterocycles. The lowest BCUT2D eigenvalue weighted by Crippen LogP contribution is -2.09. The highest BCUT2D eigenvalue weighted by Gasteiger charge is 2.14. The van der Waals surface area contributed by atoms with Crippen molar-refractivity contribution < 1.29 is 9.84 Å². The van der Waals surface area contributed by atoms with Gasteiger partial charge in [0.05, 0.1) is 7.11 Å². The number of phenolic OH excluding ortho intramolecular Hbond substituents is 1. The van der Waals surface area contributed by atoms with Crippen molar-refractivity contribution in [3.63, 3.8) is 0 Å². The van der Waals surface area contributed by atoms with E-state index in [0.717, 1.165) is 17.5 Å². The van der Waals surface area contributed by atoms with Gasteiger partial charge in [-0.25, -0.2) is 0 Å². The third kappa shape index (κ3) is 1.82. The van der Waals surface area contributed by atoms with Crippen molar-refractivity contribution in [3.05, 3.63) is 23.3 Å². The molecule has 3 N–H and O–H groups in total. The van der Waals surface area contributed by atoms with Crippen LogP contribution in [0.15, 0.2) is 12.1 Å². The molecule has 78 valence electrons. The molecular weight excluding hydrogens is 178 g/mol. The van der Waals surface area contributed by atoms with Crippen molar-refractivity contribution in [2.24, 2.45) is 5.73 Å². The molecule has 1 rings (SSSR count). The average molecular weight is 195 g/mol. The third-order valence-electron chi connectivity index (χ3n) is 2.33. The second-order valence-electron chi connectivity index (χ2n) is 3.33. The van der Waals surface area contributed by atoms with E-state index in [9.17, 15) is 5.11 Å². The van der Waals surface area contributed by atoms with Crippen LogP contribution in [0.5, 0.6) is 11.5 Å². The molecule has 0 aliphatic heterocycles. The zero-order valence-corrected chi connectivity index (χ0v) is 8.87. The molecule has 0 spiro atoms. The number of methoxy groups -OCH3 is 1. The van der Waals surface area contributed by atoms with E-state index in [1.54, 1.807) is 6.07 Å². The van der Waals surface area contributed by atoms with Gasteiger partial charge in [0.25, 0.3) is 0 Å². The van der Waals surface area contributed by atoms with Crippen molar-refractivity contribution in [1.82, 2.24) is 0 Å². The Hall–Kier alpha value is -1.22. The van der Waals surface area contributed by atoms with Gasteiger partial charge in [0.1, 0.15) is 0 Å². The zero-order valence-electron chi connectivity index (χ0n) is 8.87. The minimum absolute atomic E-state index is 0.168. The molecule has 0 bridgehead atoms. The van der Waals surface area contributed by atoms with E-state index in [4.69, 9.17) is 10.5 Å². The number of ether oxygens (including phenoxy) is 1. The van der Waals surface area contributed by atoms with Crippen molar-refractivity contribution in [3.8, 4) is 11.5 Å². The smallest absolute Gasteiger partial charge is 0.162 e. The lowest BCUT2D eigenvalue weighted by molar-refractivity contribution is 0.368. The molecule has 0 aliphatic rings. The first-order chi connectivity index (χ1) is 6.61. The maximum atomic E-state index is 9.87. The maximum absolute atomic E-state index is 9.87. The van der Waals surface area contributed by atoms with E-state index in [1.165, 1.54) is 7.11 Å². The number of hydrogen-bond donors (Lipinski definition) is 2. The summed E-state index contributed by atoms with van der Waals surface area (Å²) in [4.78, 5) is 0. The van der Waals surface area contributed by atoms with Gasteiger partial charge in [-0.2, -0.15) is 0 Å². The van der Waals surface area contributed by atoms with Crippen LogP contribution in [0.4, 0.5) is 0 Å². The Labute approximate surface area is 84.5 Å². The number of phenols is 1. The van der Waals surface area contributed by atoms with Gasteiger partial charge in [0.15, 0.2) is 11.5 Å². The van der Waals surface area contributed by atoms with Crippen LogP contribution >= 0.6 is 0 Å². The van der Waals surface area contributed by atoms with Crippen LogP contribution in [0.3, 0.4) is 0 Å². The minimum Gasteiger partial charge on any atom is -0.504 e. The van der Waals surface area contributed by atoms with E-state index < -0.39 is 0 Å². The number of nitrogens with two attached hydrogens (primary N) is 1. The Morgan fingerprint density at radius 1 is 1.50 bits per heavy atom. The molecule has 0 aliphatic carbocycles. The van der Waals surface area contributed by atoms with Crippen molar-refractivity contribution in [2.75, 3.05) is 7.11 Å². The predicted octanol–water partition coefficient (Wildman–Crippen LogP) is 1.98. The fourth-order valence-corrected chi connectivity index (χ4v) is 1.61. The molecule has 0 radical (unpaired) electrons. The monoisotopic (exact) mass is 195 g/mol. The van der Waals surface area contributed by atoms with Crippen molar-refractivity contribution >= 4 is 0 Å². The predicted molar refractivity (Wildman–Crippen MR) is 56.6 cm³/mol. The number of rotatable bonds is 3. The number of aromatic hydroxyl groups is 1. The SMILES string of the molecule is CCc1ccc(OC)c(O)c1C(C)N. The van der Waals surface area contributed by atoms with Crippen molar-refractivity contribution in [2.45, 2.75) is 26.3 Å². The Morgan fingerprint density at radius 3 is 2.57 bits per heavy atom. The van der Waals surface area contributed by atoms with E-state index >= 15 is 0 Å². The van der Waals surface area contributed by atoms with Crippen LogP contribution in [-0.4, -0.2) is 12.2 Å². The van der Waals surface area contributed by atoms with E-state index in [2.05, 4.69) is 0 Å². The van der Waals surface area contributed by atoms with Gasteiger partial charge in [-0.1, -0.05) is 13.0 Å². The van der Waals surface area contributed by atoms with E-state index in [-0.39, 0.29) is 11.8 Å². The lowest BCUT2D eigenvalue weighted by Gasteiger charge is -2.15. The first-order valence-corrected chi connectivity index (χ1v) is 4.76. The molecule has 1 atom stereocenters. The lowest BCUT2D eigenvalue weighted by atomic mass is 9.98. The molecule has 1 unspecified atom stereocenters. The second kappa shape index (κ2) is 4.33. The summed E-state index contributed by atoms with van der Waals surface area (Å²) < 4.78 is 5.03. The molecule has 1 aromatic rings. The van der Waals surface area contributed by atoms with Crippen molar-refractivity contribution in [1.29, 1.82) is 0 Å². The van der Waals surface area contributed by atoms with Gasteiger partial charge in [0.2, 0.25) is 0 Å². The molecule has 3 heteroatoms. The quantitative estimate of drug-likeness (QED) is 0.775. The van der Waals surface area contributed by atoms with Crippen LogP contribution in [-0.2, 0) is 6.42 Å². The Morgan fingerprint density at radius 2 is 2.14 bits per heavy atom. The highest BCUT2D eigenvalue weighted by Crippen LogP contribution is 2.35. The topological polar surface area (TPSA) is 55.5 Å². The summed E-state index contributed by atoms with van der Waals surface area (Å²) in [7, 11) is 1.53. The van der Waals surface area contributed by atoms with Gasteiger partial charge in [-0.3, -0.25) is 0 Å². The Balaban J connectivity index is 3.31. The highest BCUT2D eigenvalue weighted by atomic mass is 16.5. The zero-order chi connectivity index (χ0) is 10.7. The maximum Gasteiger partial charge on any atom is 0.162 e. The van der Waals surface area contributed by atoms with Crippen LogP contribution < -0.4 is 10.5 Å². The summed E-state index contributed by atoms with van der Waals surface area (Å²) in [6, 6.07) is 3.53. The average Bonchev–Trinajstić information content (AvgIpc) is 2.16. The molecule has 0 heterocycles. The van der Waals surface area contributed by atoms with E-state index in [1.807, 2.05) is 19.9 Å². The number of hydrogen-bond acceptors (Lipinski definition) is 3. The van der Waals surface area contributed by atoms with Gasteiger partial charge in [-0.15, -0.1) is 0 Å².